The van der Waals surface area contributed by atoms with Crippen molar-refractivity contribution in [1.29, 1.82) is 0 Å². The maximum atomic E-state index is 11.7. The molecule has 2 amide bonds. The van der Waals surface area contributed by atoms with Gasteiger partial charge in [0.05, 0.1) is 11.6 Å². The van der Waals surface area contributed by atoms with Gasteiger partial charge in [-0.15, -0.1) is 0 Å². The van der Waals surface area contributed by atoms with Crippen LogP contribution in [0.2, 0.25) is 0 Å². The third kappa shape index (κ3) is 3.75. The Hall–Kier alpha value is -1.29. The number of urea groups is 1. The van der Waals surface area contributed by atoms with Gasteiger partial charge >= 0.3 is 6.03 Å². The number of nitrogens with zero attached hydrogens (tertiary/aromatic N) is 1. The van der Waals surface area contributed by atoms with E-state index in [1.807, 2.05) is 45.9 Å². The van der Waals surface area contributed by atoms with Crippen LogP contribution in [0.5, 0.6) is 0 Å². The van der Waals surface area contributed by atoms with E-state index in [9.17, 15) is 4.79 Å². The Labute approximate surface area is 90.5 Å². The molecule has 4 heteroatoms. The summed E-state index contributed by atoms with van der Waals surface area (Å²) >= 11 is 0. The highest BCUT2D eigenvalue weighted by Crippen LogP contribution is 2.09. The zero-order chi connectivity index (χ0) is 11.5. The second kappa shape index (κ2) is 4.49. The Kier molecular flexibility index (Phi) is 3.52. The summed E-state index contributed by atoms with van der Waals surface area (Å²) in [6, 6.07) is -0.198. The number of nitrogens with one attached hydrogen (secondary N) is 1. The van der Waals surface area contributed by atoms with Gasteiger partial charge in [-0.05, 0) is 33.8 Å². The summed E-state index contributed by atoms with van der Waals surface area (Å²) in [7, 11) is 0. The molecule has 0 fully saturated rings. The number of hydroxylamine groups is 1. The average Bonchev–Trinajstić information content (AvgIpc) is 2.14. The number of rotatable bonds is 1. The third-order valence-corrected chi connectivity index (χ3v) is 1.87. The number of hydrogen-bond donors (Lipinski definition) is 1. The molecule has 1 aliphatic heterocycles. The van der Waals surface area contributed by atoms with Gasteiger partial charge in [-0.25, -0.2) is 10.3 Å². The van der Waals surface area contributed by atoms with Gasteiger partial charge in [0, 0.05) is 6.20 Å². The molecule has 0 saturated carbocycles. The van der Waals surface area contributed by atoms with Crippen molar-refractivity contribution >= 4 is 6.03 Å². The van der Waals surface area contributed by atoms with Gasteiger partial charge in [-0.2, -0.15) is 0 Å². The maximum Gasteiger partial charge on any atom is 0.345 e. The van der Waals surface area contributed by atoms with E-state index in [1.54, 1.807) is 11.1 Å². The standard InChI is InChI=1S/C11H18N2O2/c1-9-7-5-6-8-13(9)10(14)12-15-11(2,3)4/h5-9H,1-4H3,(H,12,14). The van der Waals surface area contributed by atoms with Crippen molar-refractivity contribution in [2.45, 2.75) is 39.3 Å². The molecule has 0 aromatic heterocycles. The molecular formula is C11H18N2O2. The second-order valence-corrected chi connectivity index (χ2v) is 4.50. The van der Waals surface area contributed by atoms with Crippen LogP contribution >= 0.6 is 0 Å². The van der Waals surface area contributed by atoms with E-state index >= 15 is 0 Å². The van der Waals surface area contributed by atoms with E-state index < -0.39 is 0 Å². The number of hydrogen-bond acceptors (Lipinski definition) is 2. The molecule has 1 N–H and O–H groups in total. The van der Waals surface area contributed by atoms with E-state index in [2.05, 4.69) is 5.48 Å². The van der Waals surface area contributed by atoms with Crippen LogP contribution < -0.4 is 5.48 Å². The van der Waals surface area contributed by atoms with Gasteiger partial charge in [-0.1, -0.05) is 12.2 Å². The van der Waals surface area contributed by atoms with E-state index in [-0.39, 0.29) is 17.7 Å². The predicted octanol–water partition coefficient (Wildman–Crippen LogP) is 2.20. The molecule has 0 aromatic carbocycles. The summed E-state index contributed by atoms with van der Waals surface area (Å²) in [4.78, 5) is 18.4. The van der Waals surface area contributed by atoms with Gasteiger partial charge in [0.25, 0.3) is 0 Å². The van der Waals surface area contributed by atoms with E-state index in [1.165, 1.54) is 0 Å². The molecule has 1 unspecified atom stereocenters. The molecule has 1 aliphatic rings. The van der Waals surface area contributed by atoms with Crippen molar-refractivity contribution in [1.82, 2.24) is 10.4 Å². The lowest BCUT2D eigenvalue weighted by Crippen LogP contribution is -2.44. The number of carbonyl (C=O) groups excluding carboxylic acids is 1. The van der Waals surface area contributed by atoms with Gasteiger partial charge in [0.2, 0.25) is 0 Å². The van der Waals surface area contributed by atoms with Crippen molar-refractivity contribution in [2.75, 3.05) is 0 Å². The molecule has 84 valence electrons. The minimum Gasteiger partial charge on any atom is -0.293 e. The zero-order valence-electron chi connectivity index (χ0n) is 9.65. The molecule has 1 atom stereocenters. The lowest BCUT2D eigenvalue weighted by Gasteiger charge is -2.27. The van der Waals surface area contributed by atoms with Crippen LogP contribution in [0.4, 0.5) is 4.79 Å². The van der Waals surface area contributed by atoms with Crippen LogP contribution in [0.25, 0.3) is 0 Å². The molecule has 0 bridgehead atoms. The maximum absolute atomic E-state index is 11.7. The fourth-order valence-electron chi connectivity index (χ4n) is 1.10. The third-order valence-electron chi connectivity index (χ3n) is 1.87. The van der Waals surface area contributed by atoms with Crippen molar-refractivity contribution in [3.8, 4) is 0 Å². The number of carbonyl (C=O) groups is 1. The Morgan fingerprint density at radius 3 is 2.60 bits per heavy atom. The summed E-state index contributed by atoms with van der Waals surface area (Å²) in [5, 5.41) is 0. The first-order chi connectivity index (χ1) is 6.90. The Morgan fingerprint density at radius 2 is 2.07 bits per heavy atom. The average molecular weight is 210 g/mol. The van der Waals surface area contributed by atoms with E-state index in [0.717, 1.165) is 0 Å². The van der Waals surface area contributed by atoms with Crippen LogP contribution in [-0.2, 0) is 4.84 Å². The molecule has 0 radical (unpaired) electrons. The molecule has 1 heterocycles. The Morgan fingerprint density at radius 1 is 1.40 bits per heavy atom. The summed E-state index contributed by atoms with van der Waals surface area (Å²) in [5.41, 5.74) is 2.04. The van der Waals surface area contributed by atoms with E-state index in [4.69, 9.17) is 4.84 Å². The van der Waals surface area contributed by atoms with Gasteiger partial charge in [0.1, 0.15) is 0 Å². The Bertz CT molecular complexity index is 289. The largest absolute Gasteiger partial charge is 0.345 e. The van der Waals surface area contributed by atoms with Crippen LogP contribution in [-0.4, -0.2) is 22.6 Å². The molecule has 4 nitrogen and oxygen atoms in total. The first-order valence-corrected chi connectivity index (χ1v) is 5.01. The van der Waals surface area contributed by atoms with Crippen LogP contribution in [0.3, 0.4) is 0 Å². The summed E-state index contributed by atoms with van der Waals surface area (Å²) < 4.78 is 0. The fourth-order valence-corrected chi connectivity index (χ4v) is 1.10. The summed E-state index contributed by atoms with van der Waals surface area (Å²) in [6.45, 7) is 7.57. The topological polar surface area (TPSA) is 41.6 Å². The number of amides is 2. The molecule has 15 heavy (non-hydrogen) atoms. The number of allylic oxidation sites excluding steroid dienone is 2. The zero-order valence-corrected chi connectivity index (χ0v) is 9.65. The van der Waals surface area contributed by atoms with Crippen molar-refractivity contribution in [3.63, 3.8) is 0 Å². The Balaban J connectivity index is 2.47. The molecular weight excluding hydrogens is 192 g/mol. The van der Waals surface area contributed by atoms with Crippen LogP contribution in [0.1, 0.15) is 27.7 Å². The lowest BCUT2D eigenvalue weighted by molar-refractivity contribution is -0.0573. The molecule has 0 aromatic rings. The van der Waals surface area contributed by atoms with Crippen molar-refractivity contribution in [3.05, 3.63) is 24.4 Å². The molecule has 0 aliphatic carbocycles. The molecule has 0 saturated heterocycles. The monoisotopic (exact) mass is 210 g/mol. The van der Waals surface area contributed by atoms with Gasteiger partial charge < -0.3 is 0 Å². The van der Waals surface area contributed by atoms with Crippen molar-refractivity contribution in [2.24, 2.45) is 0 Å². The smallest absolute Gasteiger partial charge is 0.293 e. The minimum atomic E-state index is -0.381. The highest BCUT2D eigenvalue weighted by atomic mass is 16.7. The minimum absolute atomic E-state index is 0.0542. The highest BCUT2D eigenvalue weighted by molar-refractivity contribution is 5.75. The van der Waals surface area contributed by atoms with Crippen LogP contribution in [0, 0.1) is 0 Å². The second-order valence-electron chi connectivity index (χ2n) is 4.50. The fraction of sp³-hybridized carbons (Fsp3) is 0.545. The van der Waals surface area contributed by atoms with Gasteiger partial charge in [-0.3, -0.25) is 9.74 Å². The van der Waals surface area contributed by atoms with Crippen molar-refractivity contribution < 1.29 is 9.63 Å². The first kappa shape index (κ1) is 11.8. The molecule has 1 rings (SSSR count). The first-order valence-electron chi connectivity index (χ1n) is 5.01. The normalized spacial score (nSPS) is 20.5. The summed E-state index contributed by atoms with van der Waals surface area (Å²) in [5.74, 6) is 0. The van der Waals surface area contributed by atoms with Crippen LogP contribution in [0.15, 0.2) is 24.4 Å². The lowest BCUT2D eigenvalue weighted by atomic mass is 10.2. The van der Waals surface area contributed by atoms with E-state index in [0.29, 0.717) is 0 Å². The quantitative estimate of drug-likeness (QED) is 0.674. The van der Waals surface area contributed by atoms with Gasteiger partial charge in [0.15, 0.2) is 0 Å². The summed E-state index contributed by atoms with van der Waals surface area (Å²) in [6.07, 6.45) is 7.40. The highest BCUT2D eigenvalue weighted by Gasteiger charge is 2.19. The molecule has 0 spiro atoms. The SMILES string of the molecule is CC1C=CC=CN1C(=O)NOC(C)(C)C. The predicted molar refractivity (Wildman–Crippen MR) is 59.0 cm³/mol.